The zero-order valence-corrected chi connectivity index (χ0v) is 8.64. The maximum absolute atomic E-state index is 4.51. The molecule has 0 amide bonds. The van der Waals surface area contributed by atoms with Crippen LogP contribution in [0.1, 0.15) is 11.1 Å². The molecular weight excluding hydrogens is 194 g/mol. The van der Waals surface area contributed by atoms with Gasteiger partial charge in [-0.1, -0.05) is 42.5 Å². The summed E-state index contributed by atoms with van der Waals surface area (Å²) in [7, 11) is 0. The summed E-state index contributed by atoms with van der Waals surface area (Å²) < 4.78 is 0. The maximum atomic E-state index is 4.51. The molecule has 2 aromatic rings. The van der Waals surface area contributed by atoms with Crippen molar-refractivity contribution < 1.29 is 0 Å². The topological polar surface area (TPSA) is 12.9 Å². The van der Waals surface area contributed by atoms with Gasteiger partial charge in [-0.3, -0.25) is 4.98 Å². The molecule has 1 heteroatoms. The summed E-state index contributed by atoms with van der Waals surface area (Å²) in [5.41, 5.74) is 3.76. The van der Waals surface area contributed by atoms with Crippen LogP contribution in [0.2, 0.25) is 0 Å². The van der Waals surface area contributed by atoms with Gasteiger partial charge in [-0.2, -0.15) is 0 Å². The fourth-order valence-electron chi connectivity index (χ4n) is 2.59. The third-order valence-electron chi connectivity index (χ3n) is 3.28. The third-order valence-corrected chi connectivity index (χ3v) is 3.28. The van der Waals surface area contributed by atoms with Crippen molar-refractivity contribution in [2.75, 3.05) is 0 Å². The number of pyridine rings is 1. The monoisotopic (exact) mass is 203 g/mol. The van der Waals surface area contributed by atoms with Crippen molar-refractivity contribution in [3.63, 3.8) is 0 Å². The molecule has 0 bridgehead atoms. The Kier molecular flexibility index (Phi) is 1.36. The minimum Gasteiger partial charge on any atom is -0.256 e. The molecule has 0 fully saturated rings. The van der Waals surface area contributed by atoms with E-state index < -0.39 is 0 Å². The summed E-state index contributed by atoms with van der Waals surface area (Å²) in [4.78, 5) is 4.51. The van der Waals surface area contributed by atoms with E-state index in [9.17, 15) is 0 Å². The Morgan fingerprint density at radius 2 is 1.62 bits per heavy atom. The Morgan fingerprint density at radius 1 is 0.875 bits per heavy atom. The van der Waals surface area contributed by atoms with Gasteiger partial charge in [0, 0.05) is 16.8 Å². The number of nitrogens with zero attached hydrogens (tertiary/aromatic N) is 1. The largest absolute Gasteiger partial charge is 0.256 e. The molecule has 0 aliphatic heterocycles. The number of aromatic nitrogens is 1. The fraction of sp³-hybridized carbons (Fsp3) is 0. The van der Waals surface area contributed by atoms with Crippen molar-refractivity contribution in [3.8, 4) is 0 Å². The zero-order chi connectivity index (χ0) is 10.5. The number of benzene rings is 1. The molecule has 1 aromatic heterocycles. The predicted octanol–water partition coefficient (Wildman–Crippen LogP) is 1.85. The second kappa shape index (κ2) is 2.70. The molecule has 4 rings (SSSR count). The second-order valence-corrected chi connectivity index (χ2v) is 4.11. The van der Waals surface area contributed by atoms with Crippen LogP contribution in [0.4, 0.5) is 0 Å². The molecular formula is C15H9N. The van der Waals surface area contributed by atoms with Crippen LogP contribution in [0.25, 0.3) is 35.2 Å². The summed E-state index contributed by atoms with van der Waals surface area (Å²) >= 11 is 0. The molecule has 2 aliphatic carbocycles. The third kappa shape index (κ3) is 0.836. The summed E-state index contributed by atoms with van der Waals surface area (Å²) in [6, 6.07) is 4.15. The van der Waals surface area contributed by atoms with Gasteiger partial charge in [0.05, 0.1) is 5.52 Å². The molecule has 1 nitrogen and oxygen atoms in total. The standard InChI is InChI=1S/C15H9N/c1-4-10-11-6-2-7-13(11)15-14(12(10)5-1)8-3-9-16-15/h1-9H. The van der Waals surface area contributed by atoms with E-state index in [1.165, 1.54) is 27.0 Å². The first-order valence-electron chi connectivity index (χ1n) is 5.43. The predicted molar refractivity (Wildman–Crippen MR) is 68.0 cm³/mol. The lowest BCUT2D eigenvalue weighted by Crippen LogP contribution is -2.18. The van der Waals surface area contributed by atoms with Crippen LogP contribution in [-0.2, 0) is 0 Å². The van der Waals surface area contributed by atoms with Gasteiger partial charge in [-0.15, -0.1) is 0 Å². The van der Waals surface area contributed by atoms with Crippen molar-refractivity contribution in [2.45, 2.75) is 0 Å². The molecule has 0 N–H and O–H groups in total. The van der Waals surface area contributed by atoms with Gasteiger partial charge in [0.2, 0.25) is 0 Å². The lowest BCUT2D eigenvalue weighted by Gasteiger charge is -2.04. The second-order valence-electron chi connectivity index (χ2n) is 4.11. The van der Waals surface area contributed by atoms with Crippen molar-refractivity contribution in [1.29, 1.82) is 0 Å². The molecule has 0 radical (unpaired) electrons. The lowest BCUT2D eigenvalue weighted by molar-refractivity contribution is 1.38. The van der Waals surface area contributed by atoms with Crippen LogP contribution < -0.4 is 10.4 Å². The van der Waals surface area contributed by atoms with E-state index in [0.717, 1.165) is 5.52 Å². The maximum Gasteiger partial charge on any atom is 0.0786 e. The Bertz CT molecular complexity index is 724. The van der Waals surface area contributed by atoms with Crippen LogP contribution in [-0.4, -0.2) is 4.98 Å². The van der Waals surface area contributed by atoms with Gasteiger partial charge in [0.15, 0.2) is 0 Å². The summed E-state index contributed by atoms with van der Waals surface area (Å²) in [6.45, 7) is 0. The number of rotatable bonds is 0. The van der Waals surface area contributed by atoms with Gasteiger partial charge >= 0.3 is 0 Å². The first-order valence-corrected chi connectivity index (χ1v) is 5.43. The van der Waals surface area contributed by atoms with Crippen molar-refractivity contribution in [3.05, 3.63) is 52.0 Å². The Hall–Kier alpha value is -2.15. The van der Waals surface area contributed by atoms with E-state index in [4.69, 9.17) is 0 Å². The molecule has 0 unspecified atom stereocenters. The van der Waals surface area contributed by atoms with Gasteiger partial charge in [0.25, 0.3) is 0 Å². The molecule has 0 atom stereocenters. The van der Waals surface area contributed by atoms with E-state index >= 15 is 0 Å². The van der Waals surface area contributed by atoms with Crippen molar-refractivity contribution >= 4 is 35.2 Å². The van der Waals surface area contributed by atoms with Crippen LogP contribution in [0, 0.1) is 0 Å². The van der Waals surface area contributed by atoms with E-state index in [0.29, 0.717) is 0 Å². The highest BCUT2D eigenvalue weighted by Gasteiger charge is 2.12. The van der Waals surface area contributed by atoms with E-state index in [2.05, 4.69) is 47.5 Å². The van der Waals surface area contributed by atoms with Crippen LogP contribution in [0.15, 0.2) is 30.5 Å². The number of hydrogen-bond donors (Lipinski definition) is 0. The fourth-order valence-corrected chi connectivity index (χ4v) is 2.59. The van der Waals surface area contributed by atoms with Gasteiger partial charge < -0.3 is 0 Å². The molecule has 0 saturated carbocycles. The highest BCUT2D eigenvalue weighted by molar-refractivity contribution is 5.93. The summed E-state index contributed by atoms with van der Waals surface area (Å²) in [5.74, 6) is 0. The number of fused-ring (bicyclic) bond motifs is 6. The average Bonchev–Trinajstić information content (AvgIpc) is 2.98. The molecule has 1 heterocycles. The normalized spacial score (nSPS) is 14.8. The highest BCUT2D eigenvalue weighted by Crippen LogP contribution is 2.17. The van der Waals surface area contributed by atoms with Gasteiger partial charge in [-0.25, -0.2) is 0 Å². The minimum absolute atomic E-state index is 1.11. The zero-order valence-electron chi connectivity index (χ0n) is 8.64. The smallest absolute Gasteiger partial charge is 0.0786 e. The van der Waals surface area contributed by atoms with E-state index in [1.54, 1.807) is 0 Å². The van der Waals surface area contributed by atoms with E-state index in [1.807, 2.05) is 12.3 Å². The SMILES string of the molecule is C1=Cc2c3c(c4ncccc4c2=C1)=CC=C3. The molecule has 1 aromatic carbocycles. The summed E-state index contributed by atoms with van der Waals surface area (Å²) in [6.07, 6.45) is 14.8. The molecule has 2 aliphatic rings. The number of hydrogen-bond acceptors (Lipinski definition) is 1. The van der Waals surface area contributed by atoms with Crippen LogP contribution >= 0.6 is 0 Å². The molecule has 74 valence electrons. The minimum atomic E-state index is 1.11. The van der Waals surface area contributed by atoms with Crippen LogP contribution in [0.3, 0.4) is 0 Å². The van der Waals surface area contributed by atoms with Crippen molar-refractivity contribution in [1.82, 2.24) is 4.98 Å². The molecule has 0 saturated heterocycles. The van der Waals surface area contributed by atoms with E-state index in [-0.39, 0.29) is 0 Å². The van der Waals surface area contributed by atoms with Crippen molar-refractivity contribution in [2.24, 2.45) is 0 Å². The Labute approximate surface area is 92.8 Å². The molecule has 0 spiro atoms. The first-order chi connectivity index (χ1) is 7.95. The summed E-state index contributed by atoms with van der Waals surface area (Å²) in [5, 5.41) is 3.82. The quantitative estimate of drug-likeness (QED) is 0.636. The first kappa shape index (κ1) is 8.05. The Balaban J connectivity index is 2.43. The van der Waals surface area contributed by atoms with Crippen LogP contribution in [0.5, 0.6) is 0 Å². The van der Waals surface area contributed by atoms with Gasteiger partial charge in [0.1, 0.15) is 0 Å². The molecule has 16 heavy (non-hydrogen) atoms. The lowest BCUT2D eigenvalue weighted by atomic mass is 10.0. The highest BCUT2D eigenvalue weighted by atomic mass is 14.6. The number of allylic oxidation sites excluding steroid dienone is 2. The average molecular weight is 203 g/mol. The van der Waals surface area contributed by atoms with Gasteiger partial charge in [-0.05, 0) is 22.4 Å². The Morgan fingerprint density at radius 3 is 2.50 bits per heavy atom.